The first-order chi connectivity index (χ1) is 10.1. The highest BCUT2D eigenvalue weighted by atomic mass is 16.4. The van der Waals surface area contributed by atoms with Gasteiger partial charge < -0.3 is 5.11 Å². The van der Waals surface area contributed by atoms with Crippen LogP contribution in [0.1, 0.15) is 21.6 Å². The average Bonchev–Trinajstić information content (AvgIpc) is 2.47. The first-order valence-electron chi connectivity index (χ1n) is 6.64. The van der Waals surface area contributed by atoms with Crippen LogP contribution in [0.15, 0.2) is 42.5 Å². The molecule has 4 heteroatoms. The van der Waals surface area contributed by atoms with Crippen molar-refractivity contribution in [1.29, 1.82) is 0 Å². The Bertz CT molecular complexity index is 857. The van der Waals surface area contributed by atoms with E-state index in [9.17, 15) is 9.90 Å². The summed E-state index contributed by atoms with van der Waals surface area (Å²) in [5.74, 6) is -0.588. The van der Waals surface area contributed by atoms with Crippen molar-refractivity contribution in [3.8, 4) is 11.4 Å². The molecule has 4 nitrogen and oxygen atoms in total. The molecule has 0 aliphatic carbocycles. The van der Waals surface area contributed by atoms with Crippen LogP contribution in [0.2, 0.25) is 0 Å². The predicted octanol–water partition coefficient (Wildman–Crippen LogP) is 3.61. The summed E-state index contributed by atoms with van der Waals surface area (Å²) in [6.07, 6.45) is 0. The van der Waals surface area contributed by atoms with Crippen LogP contribution >= 0.6 is 0 Å². The average molecular weight is 278 g/mol. The van der Waals surface area contributed by atoms with Crippen LogP contribution in [-0.2, 0) is 0 Å². The molecule has 21 heavy (non-hydrogen) atoms. The Morgan fingerprint density at radius 3 is 2.38 bits per heavy atom. The number of carbonyl (C=O) groups is 1. The maximum Gasteiger partial charge on any atom is 0.355 e. The van der Waals surface area contributed by atoms with Crippen molar-refractivity contribution < 1.29 is 9.90 Å². The number of fused-ring (bicyclic) bond motifs is 1. The van der Waals surface area contributed by atoms with Gasteiger partial charge in [-0.05, 0) is 25.0 Å². The lowest BCUT2D eigenvalue weighted by Gasteiger charge is -2.09. The lowest BCUT2D eigenvalue weighted by molar-refractivity contribution is 0.0693. The molecular weight excluding hydrogens is 264 g/mol. The van der Waals surface area contributed by atoms with Gasteiger partial charge in [0, 0.05) is 10.9 Å². The zero-order valence-corrected chi connectivity index (χ0v) is 11.8. The molecule has 0 atom stereocenters. The Balaban J connectivity index is 2.38. The van der Waals surface area contributed by atoms with E-state index in [0.29, 0.717) is 16.7 Å². The third-order valence-electron chi connectivity index (χ3n) is 3.52. The maximum atomic E-state index is 11.5. The number of aryl methyl sites for hydroxylation is 2. The molecule has 3 rings (SSSR count). The van der Waals surface area contributed by atoms with E-state index in [-0.39, 0.29) is 5.69 Å². The summed E-state index contributed by atoms with van der Waals surface area (Å²) in [6.45, 7) is 3.88. The molecule has 0 bridgehead atoms. The largest absolute Gasteiger partial charge is 0.476 e. The number of para-hydroxylation sites is 1. The Morgan fingerprint density at radius 2 is 1.67 bits per heavy atom. The molecule has 0 aliphatic rings. The van der Waals surface area contributed by atoms with Crippen molar-refractivity contribution in [3.05, 3.63) is 59.3 Å². The zero-order chi connectivity index (χ0) is 15.0. The molecular formula is C17H14N2O2. The number of aromatic nitrogens is 2. The number of carboxylic acids is 1. The van der Waals surface area contributed by atoms with Crippen molar-refractivity contribution in [3.63, 3.8) is 0 Å². The van der Waals surface area contributed by atoms with E-state index in [4.69, 9.17) is 0 Å². The molecule has 0 spiro atoms. The fraction of sp³-hybridized carbons (Fsp3) is 0.118. The second kappa shape index (κ2) is 4.98. The molecule has 2 aromatic carbocycles. The van der Waals surface area contributed by atoms with Crippen LogP contribution in [-0.4, -0.2) is 21.0 Å². The van der Waals surface area contributed by atoms with Gasteiger partial charge >= 0.3 is 5.97 Å². The third kappa shape index (κ3) is 2.25. The van der Waals surface area contributed by atoms with Gasteiger partial charge in [0.1, 0.15) is 0 Å². The van der Waals surface area contributed by atoms with Gasteiger partial charge in [-0.2, -0.15) is 0 Å². The minimum atomic E-state index is -1.04. The lowest BCUT2D eigenvalue weighted by atomic mass is 10.1. The number of carboxylic acid groups (broad SMARTS) is 1. The fourth-order valence-electron chi connectivity index (χ4n) is 2.40. The molecule has 1 N–H and O–H groups in total. The van der Waals surface area contributed by atoms with Gasteiger partial charge in [0.25, 0.3) is 0 Å². The molecule has 0 amide bonds. The Kier molecular flexibility index (Phi) is 3.14. The van der Waals surface area contributed by atoms with Gasteiger partial charge in [-0.1, -0.05) is 42.5 Å². The highest BCUT2D eigenvalue weighted by Gasteiger charge is 2.16. The van der Waals surface area contributed by atoms with Crippen LogP contribution < -0.4 is 0 Å². The summed E-state index contributed by atoms with van der Waals surface area (Å²) in [5, 5.41) is 9.99. The number of hydrogen-bond donors (Lipinski definition) is 1. The second-order valence-corrected chi connectivity index (χ2v) is 4.99. The summed E-state index contributed by atoms with van der Waals surface area (Å²) in [4.78, 5) is 20.3. The van der Waals surface area contributed by atoms with E-state index in [1.165, 1.54) is 0 Å². The molecule has 3 aromatic rings. The Hall–Kier alpha value is -2.75. The third-order valence-corrected chi connectivity index (χ3v) is 3.52. The quantitative estimate of drug-likeness (QED) is 0.777. The SMILES string of the molecule is Cc1ccccc1-c1nc(C(=O)O)c2cccc(C)c2n1. The van der Waals surface area contributed by atoms with E-state index in [2.05, 4.69) is 9.97 Å². The first-order valence-corrected chi connectivity index (χ1v) is 6.64. The Morgan fingerprint density at radius 1 is 0.952 bits per heavy atom. The van der Waals surface area contributed by atoms with Crippen LogP contribution in [0.25, 0.3) is 22.3 Å². The molecule has 1 heterocycles. The second-order valence-electron chi connectivity index (χ2n) is 4.99. The monoisotopic (exact) mass is 278 g/mol. The predicted molar refractivity (Wildman–Crippen MR) is 81.4 cm³/mol. The highest BCUT2D eigenvalue weighted by Crippen LogP contribution is 2.25. The van der Waals surface area contributed by atoms with Gasteiger partial charge in [-0.25, -0.2) is 14.8 Å². The molecule has 0 saturated carbocycles. The van der Waals surface area contributed by atoms with Gasteiger partial charge in [-0.3, -0.25) is 0 Å². The van der Waals surface area contributed by atoms with Crippen LogP contribution in [0, 0.1) is 13.8 Å². The minimum Gasteiger partial charge on any atom is -0.476 e. The van der Waals surface area contributed by atoms with Crippen molar-refractivity contribution in [1.82, 2.24) is 9.97 Å². The summed E-state index contributed by atoms with van der Waals surface area (Å²) < 4.78 is 0. The zero-order valence-electron chi connectivity index (χ0n) is 11.8. The van der Waals surface area contributed by atoms with Gasteiger partial charge in [0.05, 0.1) is 5.52 Å². The molecule has 0 fully saturated rings. The minimum absolute atomic E-state index is 0.0435. The maximum absolute atomic E-state index is 11.5. The van der Waals surface area contributed by atoms with Gasteiger partial charge in [0.15, 0.2) is 11.5 Å². The number of rotatable bonds is 2. The molecule has 0 aliphatic heterocycles. The van der Waals surface area contributed by atoms with E-state index < -0.39 is 5.97 Å². The number of benzene rings is 2. The van der Waals surface area contributed by atoms with E-state index in [1.807, 2.05) is 50.2 Å². The number of nitrogens with zero attached hydrogens (tertiary/aromatic N) is 2. The van der Waals surface area contributed by atoms with E-state index in [1.54, 1.807) is 6.07 Å². The first kappa shape index (κ1) is 13.2. The van der Waals surface area contributed by atoms with Crippen LogP contribution in [0.5, 0.6) is 0 Å². The van der Waals surface area contributed by atoms with Gasteiger partial charge in [-0.15, -0.1) is 0 Å². The van der Waals surface area contributed by atoms with E-state index in [0.717, 1.165) is 16.7 Å². The summed E-state index contributed by atoms with van der Waals surface area (Å²) >= 11 is 0. The van der Waals surface area contributed by atoms with Crippen LogP contribution in [0.3, 0.4) is 0 Å². The Labute approximate surface area is 122 Å². The van der Waals surface area contributed by atoms with Crippen molar-refractivity contribution >= 4 is 16.9 Å². The molecule has 0 unspecified atom stereocenters. The number of aromatic carboxylic acids is 1. The molecule has 1 aromatic heterocycles. The summed E-state index contributed by atoms with van der Waals surface area (Å²) in [5.41, 5.74) is 3.53. The smallest absolute Gasteiger partial charge is 0.355 e. The topological polar surface area (TPSA) is 63.1 Å². The van der Waals surface area contributed by atoms with Gasteiger partial charge in [0.2, 0.25) is 0 Å². The number of hydrogen-bond acceptors (Lipinski definition) is 3. The fourth-order valence-corrected chi connectivity index (χ4v) is 2.40. The summed E-state index contributed by atoms with van der Waals surface area (Å²) in [7, 11) is 0. The van der Waals surface area contributed by atoms with Crippen molar-refractivity contribution in [2.24, 2.45) is 0 Å². The van der Waals surface area contributed by atoms with Crippen molar-refractivity contribution in [2.45, 2.75) is 13.8 Å². The summed E-state index contributed by atoms with van der Waals surface area (Å²) in [6, 6.07) is 13.2. The van der Waals surface area contributed by atoms with Crippen molar-refractivity contribution in [2.75, 3.05) is 0 Å². The molecule has 0 saturated heterocycles. The van der Waals surface area contributed by atoms with Crippen LogP contribution in [0.4, 0.5) is 0 Å². The molecule has 104 valence electrons. The lowest BCUT2D eigenvalue weighted by Crippen LogP contribution is -2.06. The standard InChI is InChI=1S/C17H14N2O2/c1-10-6-3-4-8-12(10)16-18-14-11(2)7-5-9-13(14)15(19-16)17(20)21/h3-9H,1-2H3,(H,20,21). The normalized spacial score (nSPS) is 10.8. The highest BCUT2D eigenvalue weighted by molar-refractivity contribution is 6.02. The molecule has 0 radical (unpaired) electrons. The van der Waals surface area contributed by atoms with E-state index >= 15 is 0 Å².